The van der Waals surface area contributed by atoms with Gasteiger partial charge in [0.05, 0.1) is 0 Å². The van der Waals surface area contributed by atoms with Gasteiger partial charge < -0.3 is 10.1 Å². The second kappa shape index (κ2) is 5.85. The van der Waals surface area contributed by atoms with E-state index in [1.807, 2.05) is 30.3 Å². The van der Waals surface area contributed by atoms with E-state index in [9.17, 15) is 4.79 Å². The number of amides is 1. The van der Waals surface area contributed by atoms with E-state index in [4.69, 9.17) is 4.74 Å². The standard InChI is InChI=1S/C20H27NO2/c22-18(12-23-17-10-6-3-7-11-17)21-20-13-19(14-20,15-20)16-8-4-1-2-5-9-16/h3,6-7,10-11,16H,1-2,4-5,8-9,12-15H2,(H,21,22). The third-order valence-corrected chi connectivity index (χ3v) is 6.31. The maximum atomic E-state index is 12.1. The molecule has 1 aromatic rings. The summed E-state index contributed by atoms with van der Waals surface area (Å²) in [5.41, 5.74) is 0.696. The molecule has 4 saturated carbocycles. The first-order valence-electron chi connectivity index (χ1n) is 9.19. The largest absolute Gasteiger partial charge is 0.484 e. The average Bonchev–Trinajstić information content (AvgIpc) is 2.77. The quantitative estimate of drug-likeness (QED) is 0.832. The molecule has 0 aromatic heterocycles. The Hall–Kier alpha value is -1.51. The fourth-order valence-electron chi connectivity index (χ4n) is 5.32. The first kappa shape index (κ1) is 15.0. The molecule has 0 radical (unpaired) electrons. The highest BCUT2D eigenvalue weighted by Gasteiger charge is 2.70. The molecule has 1 N–H and O–H groups in total. The summed E-state index contributed by atoms with van der Waals surface area (Å²) in [4.78, 5) is 12.1. The summed E-state index contributed by atoms with van der Waals surface area (Å²) >= 11 is 0. The minimum Gasteiger partial charge on any atom is -0.484 e. The first-order chi connectivity index (χ1) is 11.2. The summed E-state index contributed by atoms with van der Waals surface area (Å²) in [7, 11) is 0. The Morgan fingerprint density at radius 2 is 1.70 bits per heavy atom. The van der Waals surface area contributed by atoms with Crippen molar-refractivity contribution >= 4 is 5.91 Å². The third kappa shape index (κ3) is 2.86. The topological polar surface area (TPSA) is 38.3 Å². The minimum absolute atomic E-state index is 0.0306. The molecular formula is C20H27NO2. The van der Waals surface area contributed by atoms with Gasteiger partial charge in [0.1, 0.15) is 5.75 Å². The Kier molecular flexibility index (Phi) is 3.82. The number of rotatable bonds is 5. The van der Waals surface area contributed by atoms with Gasteiger partial charge in [-0.3, -0.25) is 4.79 Å². The molecule has 0 saturated heterocycles. The van der Waals surface area contributed by atoms with Crippen molar-refractivity contribution in [3.8, 4) is 5.75 Å². The highest BCUT2D eigenvalue weighted by atomic mass is 16.5. The normalized spacial score (nSPS) is 33.0. The number of hydrogen-bond acceptors (Lipinski definition) is 2. The zero-order valence-electron chi connectivity index (χ0n) is 13.9. The average molecular weight is 313 g/mol. The Bertz CT molecular complexity index is 540. The predicted molar refractivity (Wildman–Crippen MR) is 90.3 cm³/mol. The molecule has 5 rings (SSSR count). The van der Waals surface area contributed by atoms with E-state index in [1.54, 1.807) is 0 Å². The van der Waals surface area contributed by atoms with Crippen LogP contribution in [0.4, 0.5) is 0 Å². The number of carbonyl (C=O) groups is 1. The van der Waals surface area contributed by atoms with Gasteiger partial charge in [0.25, 0.3) is 5.91 Å². The molecule has 1 amide bonds. The van der Waals surface area contributed by atoms with Crippen molar-refractivity contribution in [1.29, 1.82) is 0 Å². The SMILES string of the molecule is O=C(COc1ccccc1)NC12CC(C3CCCCCC3)(C1)C2. The van der Waals surface area contributed by atoms with Gasteiger partial charge in [-0.15, -0.1) is 0 Å². The van der Waals surface area contributed by atoms with Gasteiger partial charge in [-0.05, 0) is 55.6 Å². The van der Waals surface area contributed by atoms with Crippen molar-refractivity contribution < 1.29 is 9.53 Å². The molecule has 0 spiro atoms. The second-order valence-electron chi connectivity index (χ2n) is 8.01. The lowest BCUT2D eigenvalue weighted by atomic mass is 9.35. The predicted octanol–water partition coefficient (Wildman–Crippen LogP) is 4.07. The van der Waals surface area contributed by atoms with Crippen molar-refractivity contribution in [1.82, 2.24) is 5.32 Å². The van der Waals surface area contributed by atoms with Crippen LogP contribution in [0.2, 0.25) is 0 Å². The van der Waals surface area contributed by atoms with Gasteiger partial charge in [0.15, 0.2) is 6.61 Å². The zero-order valence-corrected chi connectivity index (χ0v) is 13.9. The van der Waals surface area contributed by atoms with Crippen molar-refractivity contribution in [2.45, 2.75) is 63.3 Å². The Balaban J connectivity index is 1.24. The number of hydrogen-bond donors (Lipinski definition) is 1. The maximum Gasteiger partial charge on any atom is 0.258 e. The lowest BCUT2D eigenvalue weighted by molar-refractivity contribution is -0.196. The molecule has 124 valence electrons. The van der Waals surface area contributed by atoms with Gasteiger partial charge in [0, 0.05) is 5.54 Å². The Morgan fingerprint density at radius 1 is 1.04 bits per heavy atom. The van der Waals surface area contributed by atoms with Crippen LogP contribution in [0.5, 0.6) is 5.75 Å². The van der Waals surface area contributed by atoms with Gasteiger partial charge in [0.2, 0.25) is 0 Å². The van der Waals surface area contributed by atoms with Crippen LogP contribution < -0.4 is 10.1 Å². The second-order valence-corrected chi connectivity index (χ2v) is 8.01. The number of benzene rings is 1. The van der Waals surface area contributed by atoms with Crippen LogP contribution in [-0.4, -0.2) is 18.1 Å². The molecule has 23 heavy (non-hydrogen) atoms. The van der Waals surface area contributed by atoms with Crippen LogP contribution in [0, 0.1) is 11.3 Å². The molecular weight excluding hydrogens is 286 g/mol. The van der Waals surface area contributed by atoms with E-state index in [1.165, 1.54) is 57.8 Å². The molecule has 4 aliphatic rings. The molecule has 2 bridgehead atoms. The summed E-state index contributed by atoms with van der Waals surface area (Å²) in [6.07, 6.45) is 12.1. The van der Waals surface area contributed by atoms with E-state index in [0.717, 1.165) is 11.7 Å². The van der Waals surface area contributed by atoms with Crippen LogP contribution in [0.25, 0.3) is 0 Å². The van der Waals surface area contributed by atoms with Crippen molar-refractivity contribution in [3.63, 3.8) is 0 Å². The van der Waals surface area contributed by atoms with Gasteiger partial charge >= 0.3 is 0 Å². The number of para-hydroxylation sites is 1. The molecule has 0 atom stereocenters. The summed E-state index contributed by atoms with van der Waals surface area (Å²) in [5, 5.41) is 3.24. The third-order valence-electron chi connectivity index (χ3n) is 6.31. The van der Waals surface area contributed by atoms with E-state index in [-0.39, 0.29) is 18.1 Å². The van der Waals surface area contributed by atoms with Crippen LogP contribution in [0.15, 0.2) is 30.3 Å². The van der Waals surface area contributed by atoms with E-state index in [0.29, 0.717) is 5.41 Å². The smallest absolute Gasteiger partial charge is 0.258 e. The molecule has 0 aliphatic heterocycles. The van der Waals surface area contributed by atoms with Crippen LogP contribution >= 0.6 is 0 Å². The van der Waals surface area contributed by atoms with Crippen molar-refractivity contribution in [3.05, 3.63) is 30.3 Å². The lowest BCUT2D eigenvalue weighted by Crippen LogP contribution is -2.76. The van der Waals surface area contributed by atoms with Gasteiger partial charge in [-0.1, -0.05) is 43.9 Å². The Morgan fingerprint density at radius 3 is 2.35 bits per heavy atom. The number of ether oxygens (including phenoxy) is 1. The highest BCUT2D eigenvalue weighted by molar-refractivity contribution is 5.79. The molecule has 3 heteroatoms. The molecule has 3 nitrogen and oxygen atoms in total. The van der Waals surface area contributed by atoms with Crippen LogP contribution in [0.1, 0.15) is 57.8 Å². The van der Waals surface area contributed by atoms with Gasteiger partial charge in [-0.2, -0.15) is 0 Å². The fraction of sp³-hybridized carbons (Fsp3) is 0.650. The van der Waals surface area contributed by atoms with E-state index >= 15 is 0 Å². The molecule has 0 heterocycles. The molecule has 0 unspecified atom stereocenters. The van der Waals surface area contributed by atoms with Crippen molar-refractivity contribution in [2.75, 3.05) is 6.61 Å². The van der Waals surface area contributed by atoms with Crippen LogP contribution in [0.3, 0.4) is 0 Å². The van der Waals surface area contributed by atoms with E-state index in [2.05, 4.69) is 5.32 Å². The minimum atomic E-state index is 0.0306. The fourth-order valence-corrected chi connectivity index (χ4v) is 5.32. The van der Waals surface area contributed by atoms with E-state index < -0.39 is 0 Å². The summed E-state index contributed by atoms with van der Waals surface area (Å²) < 4.78 is 5.55. The summed E-state index contributed by atoms with van der Waals surface area (Å²) in [5.74, 6) is 1.71. The maximum absolute atomic E-state index is 12.1. The monoisotopic (exact) mass is 313 g/mol. The Labute approximate surface area is 138 Å². The molecule has 4 aliphatic carbocycles. The summed E-state index contributed by atoms with van der Waals surface area (Å²) in [6, 6.07) is 9.56. The van der Waals surface area contributed by atoms with Crippen molar-refractivity contribution in [2.24, 2.45) is 11.3 Å². The number of nitrogens with one attached hydrogen (secondary N) is 1. The summed E-state index contributed by atoms with van der Waals surface area (Å²) in [6.45, 7) is 0.127. The molecule has 4 fully saturated rings. The molecule has 1 aromatic carbocycles. The first-order valence-corrected chi connectivity index (χ1v) is 9.19. The zero-order chi connectivity index (χ0) is 15.8. The lowest BCUT2D eigenvalue weighted by Gasteiger charge is -2.73. The number of carbonyl (C=O) groups excluding carboxylic acids is 1. The highest BCUT2D eigenvalue weighted by Crippen LogP contribution is 2.72. The van der Waals surface area contributed by atoms with Gasteiger partial charge in [-0.25, -0.2) is 0 Å². The van der Waals surface area contributed by atoms with Crippen LogP contribution in [-0.2, 0) is 4.79 Å².